The molecular weight excluding hydrogens is 306 g/mol. The van der Waals surface area contributed by atoms with Gasteiger partial charge in [0.05, 0.1) is 0 Å². The summed E-state index contributed by atoms with van der Waals surface area (Å²) in [6, 6.07) is 10.6. The first-order valence-electron chi connectivity index (χ1n) is 6.38. The van der Waals surface area contributed by atoms with E-state index in [9.17, 15) is 8.42 Å². The van der Waals surface area contributed by atoms with E-state index in [0.717, 1.165) is 22.5 Å². The molecule has 0 amide bonds. The van der Waals surface area contributed by atoms with Gasteiger partial charge in [0.1, 0.15) is 15.2 Å². The van der Waals surface area contributed by atoms with Gasteiger partial charge >= 0.3 is 0 Å². The summed E-state index contributed by atoms with van der Waals surface area (Å²) in [5, 5.41) is 8.83. The second-order valence-electron chi connectivity index (χ2n) is 4.80. The monoisotopic (exact) mass is 319 g/mol. The molecule has 3 rings (SSSR count). The third-order valence-corrected chi connectivity index (χ3v) is 6.86. The molecule has 108 valence electrons. The zero-order valence-corrected chi connectivity index (χ0v) is 12.7. The maximum Gasteiger partial charge on any atom is 0.252 e. The fourth-order valence-electron chi connectivity index (χ4n) is 2.43. The Bertz CT molecular complexity index is 834. The van der Waals surface area contributed by atoms with E-state index in [1.54, 1.807) is 6.07 Å². The molecule has 1 aliphatic rings. The fraction of sp³-hybridized carbons (Fsp3) is 0.214. The average Bonchev–Trinajstić information content (AvgIpc) is 2.97. The Balaban J connectivity index is 1.95. The van der Waals surface area contributed by atoms with E-state index < -0.39 is 10.0 Å². The summed E-state index contributed by atoms with van der Waals surface area (Å²) >= 11 is 0.997. The van der Waals surface area contributed by atoms with Crippen LogP contribution in [-0.2, 0) is 23.0 Å². The van der Waals surface area contributed by atoms with Crippen LogP contribution in [0.3, 0.4) is 0 Å². The summed E-state index contributed by atoms with van der Waals surface area (Å²) in [7, 11) is -3.57. The molecular formula is C14H13N3O2S2. The molecule has 0 aliphatic carbocycles. The van der Waals surface area contributed by atoms with Crippen molar-refractivity contribution >= 4 is 27.0 Å². The number of sulfonamides is 1. The third kappa shape index (κ3) is 2.42. The summed E-state index contributed by atoms with van der Waals surface area (Å²) < 4.78 is 26.9. The maximum atomic E-state index is 12.6. The molecule has 0 unspecified atom stereocenters. The lowest BCUT2D eigenvalue weighted by atomic mass is 10.00. The Morgan fingerprint density at radius 1 is 1.29 bits per heavy atom. The van der Waals surface area contributed by atoms with Crippen LogP contribution in [0, 0.1) is 11.3 Å². The van der Waals surface area contributed by atoms with E-state index in [2.05, 4.69) is 0 Å². The van der Waals surface area contributed by atoms with Crippen molar-refractivity contribution in [1.29, 1.82) is 5.26 Å². The number of nitriles is 1. The van der Waals surface area contributed by atoms with Crippen molar-refractivity contribution in [3.8, 4) is 6.07 Å². The summed E-state index contributed by atoms with van der Waals surface area (Å²) in [6.07, 6.45) is 0.649. The highest BCUT2D eigenvalue weighted by Gasteiger charge is 2.30. The molecule has 1 aliphatic heterocycles. The van der Waals surface area contributed by atoms with Crippen LogP contribution < -0.4 is 5.73 Å². The Kier molecular flexibility index (Phi) is 3.45. The van der Waals surface area contributed by atoms with Gasteiger partial charge in [-0.25, -0.2) is 8.42 Å². The molecule has 0 fully saturated rings. The standard InChI is InChI=1S/C14H13N3O2S2/c15-8-11-4-5-14(20-11)21(18,19)17-7-6-10-2-1-3-13(16)12(10)9-17/h1-5H,6-7,9,16H2. The van der Waals surface area contributed by atoms with E-state index in [-0.39, 0.29) is 10.8 Å². The molecule has 5 nitrogen and oxygen atoms in total. The fourth-order valence-corrected chi connectivity index (χ4v) is 5.10. The number of nitrogens with two attached hydrogens (primary N) is 1. The van der Waals surface area contributed by atoms with E-state index in [1.807, 2.05) is 18.2 Å². The number of anilines is 1. The molecule has 0 radical (unpaired) electrons. The van der Waals surface area contributed by atoms with E-state index in [4.69, 9.17) is 11.0 Å². The zero-order chi connectivity index (χ0) is 15.0. The quantitative estimate of drug-likeness (QED) is 0.857. The summed E-state index contributed by atoms with van der Waals surface area (Å²) in [5.74, 6) is 0. The molecule has 1 aromatic carbocycles. The second-order valence-corrected chi connectivity index (χ2v) is 8.05. The van der Waals surface area contributed by atoms with Crippen LogP contribution in [0.4, 0.5) is 5.69 Å². The van der Waals surface area contributed by atoms with Crippen molar-refractivity contribution in [3.05, 3.63) is 46.3 Å². The number of fused-ring (bicyclic) bond motifs is 1. The minimum Gasteiger partial charge on any atom is -0.398 e. The van der Waals surface area contributed by atoms with Gasteiger partial charge in [0.15, 0.2) is 0 Å². The average molecular weight is 319 g/mol. The predicted molar refractivity (Wildman–Crippen MR) is 81.2 cm³/mol. The van der Waals surface area contributed by atoms with Crippen LogP contribution in [0.25, 0.3) is 0 Å². The molecule has 1 aromatic heterocycles. The lowest BCUT2D eigenvalue weighted by Gasteiger charge is -2.28. The van der Waals surface area contributed by atoms with Gasteiger partial charge in [-0.05, 0) is 35.7 Å². The number of thiophene rings is 1. The first-order valence-corrected chi connectivity index (χ1v) is 8.64. The van der Waals surface area contributed by atoms with Crippen molar-refractivity contribution in [1.82, 2.24) is 4.31 Å². The highest BCUT2D eigenvalue weighted by Crippen LogP contribution is 2.30. The second kappa shape index (κ2) is 5.15. The minimum absolute atomic E-state index is 0.206. The topological polar surface area (TPSA) is 87.2 Å². The summed E-state index contributed by atoms with van der Waals surface area (Å²) in [5.41, 5.74) is 8.55. The lowest BCUT2D eigenvalue weighted by molar-refractivity contribution is 0.393. The summed E-state index contributed by atoms with van der Waals surface area (Å²) in [4.78, 5) is 0.394. The molecule has 0 atom stereocenters. The van der Waals surface area contributed by atoms with Crippen LogP contribution >= 0.6 is 11.3 Å². The minimum atomic E-state index is -3.57. The lowest BCUT2D eigenvalue weighted by Crippen LogP contribution is -2.36. The van der Waals surface area contributed by atoms with Crippen molar-refractivity contribution in [3.63, 3.8) is 0 Å². The smallest absolute Gasteiger partial charge is 0.252 e. The van der Waals surface area contributed by atoms with Gasteiger partial charge in [0, 0.05) is 18.8 Å². The normalized spacial score (nSPS) is 15.4. The molecule has 21 heavy (non-hydrogen) atoms. The number of nitrogens with zero attached hydrogens (tertiary/aromatic N) is 2. The summed E-state index contributed by atoms with van der Waals surface area (Å²) in [6.45, 7) is 0.711. The van der Waals surface area contributed by atoms with Crippen LogP contribution in [-0.4, -0.2) is 19.3 Å². The predicted octanol–water partition coefficient (Wildman–Crippen LogP) is 1.95. The van der Waals surface area contributed by atoms with Gasteiger partial charge in [-0.2, -0.15) is 9.57 Å². The van der Waals surface area contributed by atoms with Crippen molar-refractivity contribution in [2.24, 2.45) is 0 Å². The van der Waals surface area contributed by atoms with E-state index >= 15 is 0 Å². The highest BCUT2D eigenvalue weighted by molar-refractivity contribution is 7.91. The van der Waals surface area contributed by atoms with Gasteiger partial charge in [0.2, 0.25) is 0 Å². The Labute approximate surface area is 127 Å². The molecule has 0 saturated carbocycles. The van der Waals surface area contributed by atoms with Crippen LogP contribution in [0.2, 0.25) is 0 Å². The highest BCUT2D eigenvalue weighted by atomic mass is 32.2. The van der Waals surface area contributed by atoms with Crippen LogP contribution in [0.5, 0.6) is 0 Å². The first kappa shape index (κ1) is 14.1. The Hall–Kier alpha value is -1.88. The molecule has 0 saturated heterocycles. The largest absolute Gasteiger partial charge is 0.398 e. The van der Waals surface area contributed by atoms with Crippen LogP contribution in [0.1, 0.15) is 16.0 Å². The molecule has 2 N–H and O–H groups in total. The van der Waals surface area contributed by atoms with Gasteiger partial charge in [-0.1, -0.05) is 12.1 Å². The number of nitrogen functional groups attached to an aromatic ring is 1. The molecule has 2 heterocycles. The van der Waals surface area contributed by atoms with Gasteiger partial charge in [0.25, 0.3) is 10.0 Å². The van der Waals surface area contributed by atoms with Crippen molar-refractivity contribution in [2.75, 3.05) is 12.3 Å². The molecule has 2 aromatic rings. The molecule has 0 bridgehead atoms. The zero-order valence-electron chi connectivity index (χ0n) is 11.1. The SMILES string of the molecule is N#Cc1ccc(S(=O)(=O)N2CCc3cccc(N)c3C2)s1. The Morgan fingerprint density at radius 3 is 2.81 bits per heavy atom. The van der Waals surface area contributed by atoms with Gasteiger partial charge in [-0.15, -0.1) is 11.3 Å². The maximum absolute atomic E-state index is 12.6. The molecule has 7 heteroatoms. The van der Waals surface area contributed by atoms with Crippen molar-refractivity contribution in [2.45, 2.75) is 17.2 Å². The van der Waals surface area contributed by atoms with Crippen molar-refractivity contribution < 1.29 is 8.42 Å². The Morgan fingerprint density at radius 2 is 2.10 bits per heavy atom. The first-order chi connectivity index (χ1) is 10.0. The molecule has 0 spiro atoms. The number of rotatable bonds is 2. The number of benzene rings is 1. The number of hydrogen-bond donors (Lipinski definition) is 1. The number of hydrogen-bond acceptors (Lipinski definition) is 5. The third-order valence-electron chi connectivity index (χ3n) is 3.56. The van der Waals surface area contributed by atoms with Crippen LogP contribution in [0.15, 0.2) is 34.5 Å². The van der Waals surface area contributed by atoms with Gasteiger partial charge < -0.3 is 5.73 Å². The van der Waals surface area contributed by atoms with Gasteiger partial charge in [-0.3, -0.25) is 0 Å². The van der Waals surface area contributed by atoms with E-state index in [1.165, 1.54) is 16.4 Å². The van der Waals surface area contributed by atoms with E-state index in [0.29, 0.717) is 23.5 Å².